The van der Waals surface area contributed by atoms with Crippen molar-refractivity contribution in [2.24, 2.45) is 0 Å². The quantitative estimate of drug-likeness (QED) is 0.913. The lowest BCUT2D eigenvalue weighted by Crippen LogP contribution is -2.44. The third-order valence-corrected chi connectivity index (χ3v) is 4.98. The summed E-state index contributed by atoms with van der Waals surface area (Å²) in [6.07, 6.45) is 1.05. The van der Waals surface area contributed by atoms with Gasteiger partial charge in [-0.25, -0.2) is 0 Å². The summed E-state index contributed by atoms with van der Waals surface area (Å²) in [4.78, 5) is 1.03. The Morgan fingerprint density at radius 1 is 1.44 bits per heavy atom. The second-order valence-electron chi connectivity index (χ2n) is 4.26. The molecule has 1 heterocycles. The SMILES string of the molecule is CCNC1CCOCC1Sc1cc(Cl)ccc1Cl. The van der Waals surface area contributed by atoms with Crippen molar-refractivity contribution in [2.75, 3.05) is 19.8 Å². The fraction of sp³-hybridized carbons (Fsp3) is 0.538. The normalized spacial score (nSPS) is 24.2. The van der Waals surface area contributed by atoms with Crippen molar-refractivity contribution in [3.05, 3.63) is 28.2 Å². The van der Waals surface area contributed by atoms with Crippen LogP contribution in [0.25, 0.3) is 0 Å². The molecule has 1 fully saturated rings. The highest BCUT2D eigenvalue weighted by atomic mass is 35.5. The maximum atomic E-state index is 6.20. The number of ether oxygens (including phenoxy) is 1. The van der Waals surface area contributed by atoms with Crippen LogP contribution in [-0.4, -0.2) is 31.1 Å². The van der Waals surface area contributed by atoms with Gasteiger partial charge in [0.05, 0.1) is 11.6 Å². The molecular formula is C13H17Cl2NOS. The molecule has 0 radical (unpaired) electrons. The summed E-state index contributed by atoms with van der Waals surface area (Å²) in [5, 5.41) is 5.37. The average Bonchev–Trinajstić information content (AvgIpc) is 2.36. The molecule has 1 N–H and O–H groups in total. The fourth-order valence-corrected chi connectivity index (χ4v) is 3.80. The summed E-state index contributed by atoms with van der Waals surface area (Å²) in [5.74, 6) is 0. The summed E-state index contributed by atoms with van der Waals surface area (Å²) < 4.78 is 5.56. The van der Waals surface area contributed by atoms with Crippen LogP contribution in [0.1, 0.15) is 13.3 Å². The smallest absolute Gasteiger partial charge is 0.0603 e. The monoisotopic (exact) mass is 305 g/mol. The second kappa shape index (κ2) is 7.01. The first-order chi connectivity index (χ1) is 8.70. The van der Waals surface area contributed by atoms with Crippen molar-refractivity contribution in [3.63, 3.8) is 0 Å². The van der Waals surface area contributed by atoms with Gasteiger partial charge in [0.15, 0.2) is 0 Å². The van der Waals surface area contributed by atoms with E-state index < -0.39 is 0 Å². The Kier molecular flexibility index (Phi) is 5.64. The number of nitrogens with one attached hydrogen (secondary N) is 1. The largest absolute Gasteiger partial charge is 0.380 e. The standard InChI is InChI=1S/C13H17Cl2NOS/c1-2-16-11-5-6-17-8-13(11)18-12-7-9(14)3-4-10(12)15/h3-4,7,11,13,16H,2,5-6,8H2,1H3. The molecule has 1 aromatic carbocycles. The highest BCUT2D eigenvalue weighted by molar-refractivity contribution is 8.00. The first-order valence-electron chi connectivity index (χ1n) is 6.13. The fourth-order valence-electron chi connectivity index (χ4n) is 2.05. The van der Waals surface area contributed by atoms with Crippen LogP contribution < -0.4 is 5.32 Å². The molecule has 1 aliphatic heterocycles. The van der Waals surface area contributed by atoms with E-state index in [9.17, 15) is 0 Å². The van der Waals surface area contributed by atoms with Crippen molar-refractivity contribution in [2.45, 2.75) is 29.5 Å². The second-order valence-corrected chi connectivity index (χ2v) is 6.38. The van der Waals surface area contributed by atoms with Gasteiger partial charge in [-0.15, -0.1) is 11.8 Å². The number of halogens is 2. The molecule has 18 heavy (non-hydrogen) atoms. The Morgan fingerprint density at radius 3 is 3.06 bits per heavy atom. The molecule has 2 rings (SSSR count). The number of benzene rings is 1. The van der Waals surface area contributed by atoms with Crippen molar-refractivity contribution >= 4 is 35.0 Å². The maximum Gasteiger partial charge on any atom is 0.0603 e. The third kappa shape index (κ3) is 3.78. The summed E-state index contributed by atoms with van der Waals surface area (Å²) in [6, 6.07) is 6.06. The van der Waals surface area contributed by atoms with Crippen LogP contribution in [0.4, 0.5) is 0 Å². The number of rotatable bonds is 4. The average molecular weight is 306 g/mol. The predicted molar refractivity (Wildman–Crippen MR) is 79.0 cm³/mol. The first kappa shape index (κ1) is 14.5. The van der Waals surface area contributed by atoms with Gasteiger partial charge in [0.25, 0.3) is 0 Å². The molecule has 0 aromatic heterocycles. The minimum Gasteiger partial charge on any atom is -0.380 e. The Hall–Kier alpha value is 0.0700. The Balaban J connectivity index is 2.08. The molecule has 0 bridgehead atoms. The third-order valence-electron chi connectivity index (χ3n) is 2.94. The van der Waals surface area contributed by atoms with Gasteiger partial charge in [-0.2, -0.15) is 0 Å². The molecule has 0 saturated carbocycles. The molecule has 1 aliphatic rings. The maximum absolute atomic E-state index is 6.20. The van der Waals surface area contributed by atoms with Crippen LogP contribution in [0.5, 0.6) is 0 Å². The van der Waals surface area contributed by atoms with E-state index in [1.165, 1.54) is 0 Å². The number of hydrogen-bond acceptors (Lipinski definition) is 3. The molecule has 2 unspecified atom stereocenters. The zero-order valence-electron chi connectivity index (χ0n) is 10.3. The molecule has 2 nitrogen and oxygen atoms in total. The summed E-state index contributed by atoms with van der Waals surface area (Å²) >= 11 is 14.0. The molecule has 1 saturated heterocycles. The molecule has 0 spiro atoms. The summed E-state index contributed by atoms with van der Waals surface area (Å²) in [6.45, 7) is 4.69. The minimum atomic E-state index is 0.384. The summed E-state index contributed by atoms with van der Waals surface area (Å²) in [5.41, 5.74) is 0. The van der Waals surface area contributed by atoms with Crippen LogP contribution in [0, 0.1) is 0 Å². The first-order valence-corrected chi connectivity index (χ1v) is 7.77. The van der Waals surface area contributed by atoms with Gasteiger partial charge in [0.2, 0.25) is 0 Å². The predicted octanol–water partition coefficient (Wildman–Crippen LogP) is 3.85. The molecule has 1 aromatic rings. The van der Waals surface area contributed by atoms with Crippen LogP contribution >= 0.6 is 35.0 Å². The van der Waals surface area contributed by atoms with E-state index in [0.717, 1.165) is 41.1 Å². The van der Waals surface area contributed by atoms with E-state index in [4.69, 9.17) is 27.9 Å². The van der Waals surface area contributed by atoms with Crippen molar-refractivity contribution in [3.8, 4) is 0 Å². The van der Waals surface area contributed by atoms with E-state index in [1.54, 1.807) is 11.8 Å². The molecule has 0 amide bonds. The van der Waals surface area contributed by atoms with Gasteiger partial charge >= 0.3 is 0 Å². The van der Waals surface area contributed by atoms with Gasteiger partial charge in [0.1, 0.15) is 0 Å². The van der Waals surface area contributed by atoms with Crippen LogP contribution in [0.3, 0.4) is 0 Å². The Bertz CT molecular complexity index is 401. The van der Waals surface area contributed by atoms with Crippen LogP contribution in [0.15, 0.2) is 23.1 Å². The van der Waals surface area contributed by atoms with Gasteiger partial charge in [-0.3, -0.25) is 0 Å². The van der Waals surface area contributed by atoms with Gasteiger partial charge in [0, 0.05) is 27.8 Å². The number of hydrogen-bond donors (Lipinski definition) is 1. The van der Waals surface area contributed by atoms with E-state index in [-0.39, 0.29) is 0 Å². The van der Waals surface area contributed by atoms with Crippen LogP contribution in [-0.2, 0) is 4.74 Å². The molecule has 2 atom stereocenters. The lowest BCUT2D eigenvalue weighted by atomic mass is 10.1. The lowest BCUT2D eigenvalue weighted by molar-refractivity contribution is 0.0837. The Morgan fingerprint density at radius 2 is 2.28 bits per heavy atom. The van der Waals surface area contributed by atoms with Crippen molar-refractivity contribution in [1.82, 2.24) is 5.32 Å². The highest BCUT2D eigenvalue weighted by Gasteiger charge is 2.26. The van der Waals surface area contributed by atoms with Crippen LogP contribution in [0.2, 0.25) is 10.0 Å². The Labute approximate surface area is 122 Å². The van der Waals surface area contributed by atoms with Crippen molar-refractivity contribution < 1.29 is 4.74 Å². The highest BCUT2D eigenvalue weighted by Crippen LogP contribution is 2.35. The van der Waals surface area contributed by atoms with Gasteiger partial charge < -0.3 is 10.1 Å². The zero-order chi connectivity index (χ0) is 13.0. The lowest BCUT2D eigenvalue weighted by Gasteiger charge is -2.31. The molecule has 5 heteroatoms. The number of thioether (sulfide) groups is 1. The zero-order valence-corrected chi connectivity index (χ0v) is 12.6. The molecule has 100 valence electrons. The summed E-state index contributed by atoms with van der Waals surface area (Å²) in [7, 11) is 0. The van der Waals surface area contributed by atoms with Gasteiger partial charge in [-0.05, 0) is 31.2 Å². The van der Waals surface area contributed by atoms with E-state index in [0.29, 0.717) is 11.3 Å². The van der Waals surface area contributed by atoms with E-state index >= 15 is 0 Å². The van der Waals surface area contributed by atoms with Gasteiger partial charge in [-0.1, -0.05) is 30.1 Å². The van der Waals surface area contributed by atoms with E-state index in [2.05, 4.69) is 12.2 Å². The van der Waals surface area contributed by atoms with Crippen molar-refractivity contribution in [1.29, 1.82) is 0 Å². The van der Waals surface area contributed by atoms with E-state index in [1.807, 2.05) is 18.2 Å². The minimum absolute atomic E-state index is 0.384. The topological polar surface area (TPSA) is 21.3 Å². The molecular weight excluding hydrogens is 289 g/mol. The molecule has 0 aliphatic carbocycles.